The summed E-state index contributed by atoms with van der Waals surface area (Å²) in [6, 6.07) is 1.30. The molecule has 0 saturated carbocycles. The predicted octanol–water partition coefficient (Wildman–Crippen LogP) is 0.987. The molecule has 2 aromatic rings. The quantitative estimate of drug-likeness (QED) is 0.733. The largest absolute Gasteiger partial charge is 0.337 e. The molecule has 0 atom stereocenters. The van der Waals surface area contributed by atoms with E-state index in [4.69, 9.17) is 11.6 Å². The molecule has 0 spiro atoms. The van der Waals surface area contributed by atoms with E-state index in [1.807, 2.05) is 17.8 Å². The van der Waals surface area contributed by atoms with Gasteiger partial charge in [-0.3, -0.25) is 9.36 Å². The van der Waals surface area contributed by atoms with Crippen LogP contribution in [0.3, 0.4) is 0 Å². The fourth-order valence-electron chi connectivity index (χ4n) is 1.47. The van der Waals surface area contributed by atoms with Gasteiger partial charge in [-0.1, -0.05) is 11.6 Å². The molecule has 0 N–H and O–H groups in total. The molecule has 16 heavy (non-hydrogen) atoms. The van der Waals surface area contributed by atoms with Crippen molar-refractivity contribution in [1.29, 1.82) is 0 Å². The fraction of sp³-hybridized carbons (Fsp3) is 0.300. The molecule has 84 valence electrons. The summed E-state index contributed by atoms with van der Waals surface area (Å²) >= 11 is 5.69. The summed E-state index contributed by atoms with van der Waals surface area (Å²) < 4.78 is 3.40. The molecule has 0 amide bonds. The summed E-state index contributed by atoms with van der Waals surface area (Å²) in [7, 11) is 1.88. The van der Waals surface area contributed by atoms with Gasteiger partial charge in [-0.25, -0.2) is 9.97 Å². The number of imidazole rings is 1. The number of halogens is 1. The van der Waals surface area contributed by atoms with Crippen LogP contribution in [0.1, 0.15) is 11.6 Å². The van der Waals surface area contributed by atoms with Gasteiger partial charge in [-0.2, -0.15) is 0 Å². The van der Waals surface area contributed by atoms with E-state index in [1.54, 1.807) is 13.1 Å². The monoisotopic (exact) mass is 238 g/mol. The van der Waals surface area contributed by atoms with E-state index < -0.39 is 0 Å². The summed E-state index contributed by atoms with van der Waals surface area (Å²) in [6.45, 7) is 2.15. The normalized spacial score (nSPS) is 10.7. The second kappa shape index (κ2) is 4.09. The third-order valence-corrected chi connectivity index (χ3v) is 2.58. The smallest absolute Gasteiger partial charge is 0.255 e. The summed E-state index contributed by atoms with van der Waals surface area (Å²) in [5.41, 5.74) is -0.166. The van der Waals surface area contributed by atoms with Crippen LogP contribution in [0.25, 0.3) is 0 Å². The highest BCUT2D eigenvalue weighted by Gasteiger charge is 2.07. The molecule has 0 aliphatic heterocycles. The Morgan fingerprint density at radius 3 is 2.81 bits per heavy atom. The molecule has 6 heteroatoms. The highest BCUT2D eigenvalue weighted by Crippen LogP contribution is 2.03. The Morgan fingerprint density at radius 2 is 2.25 bits per heavy atom. The van der Waals surface area contributed by atoms with Crippen molar-refractivity contribution in [1.82, 2.24) is 19.1 Å². The molecule has 0 unspecified atom stereocenters. The Labute approximate surface area is 97.3 Å². The Hall–Kier alpha value is -1.62. The zero-order chi connectivity index (χ0) is 11.7. The topological polar surface area (TPSA) is 52.7 Å². The van der Waals surface area contributed by atoms with Gasteiger partial charge in [0.05, 0.1) is 6.54 Å². The van der Waals surface area contributed by atoms with Gasteiger partial charge in [0.2, 0.25) is 0 Å². The second-order valence-corrected chi connectivity index (χ2v) is 3.89. The van der Waals surface area contributed by atoms with Crippen LogP contribution in [-0.2, 0) is 13.6 Å². The highest BCUT2D eigenvalue weighted by atomic mass is 35.5. The Morgan fingerprint density at radius 1 is 1.50 bits per heavy atom. The minimum atomic E-state index is -0.166. The van der Waals surface area contributed by atoms with Crippen LogP contribution >= 0.6 is 11.6 Å². The Bertz CT molecular complexity index is 572. The SMILES string of the molecule is Cc1nc(Cl)cc(=O)n1Cc1nccn1C. The molecule has 0 fully saturated rings. The number of aryl methyl sites for hydroxylation is 2. The van der Waals surface area contributed by atoms with Crippen molar-refractivity contribution >= 4 is 11.6 Å². The molecule has 2 aromatic heterocycles. The van der Waals surface area contributed by atoms with E-state index in [-0.39, 0.29) is 10.7 Å². The van der Waals surface area contributed by atoms with Crippen LogP contribution in [0.15, 0.2) is 23.3 Å². The van der Waals surface area contributed by atoms with Crippen LogP contribution in [0.4, 0.5) is 0 Å². The maximum atomic E-state index is 11.7. The first-order valence-electron chi connectivity index (χ1n) is 4.78. The van der Waals surface area contributed by atoms with Gasteiger partial charge < -0.3 is 4.57 Å². The summed E-state index contributed by atoms with van der Waals surface area (Å²) in [5, 5.41) is 0.221. The van der Waals surface area contributed by atoms with Crippen molar-refractivity contribution in [2.75, 3.05) is 0 Å². The minimum absolute atomic E-state index is 0.166. The first kappa shape index (κ1) is 10.9. The Balaban J connectivity index is 2.43. The van der Waals surface area contributed by atoms with E-state index in [9.17, 15) is 4.79 Å². The predicted molar refractivity (Wildman–Crippen MR) is 60.6 cm³/mol. The lowest BCUT2D eigenvalue weighted by Gasteiger charge is -2.08. The summed E-state index contributed by atoms with van der Waals surface area (Å²) in [4.78, 5) is 19.9. The maximum Gasteiger partial charge on any atom is 0.255 e. The second-order valence-electron chi connectivity index (χ2n) is 3.50. The van der Waals surface area contributed by atoms with E-state index in [1.165, 1.54) is 10.6 Å². The third kappa shape index (κ3) is 1.99. The van der Waals surface area contributed by atoms with E-state index >= 15 is 0 Å². The van der Waals surface area contributed by atoms with Gasteiger partial charge >= 0.3 is 0 Å². The first-order valence-corrected chi connectivity index (χ1v) is 5.16. The van der Waals surface area contributed by atoms with Crippen molar-refractivity contribution in [2.45, 2.75) is 13.5 Å². The van der Waals surface area contributed by atoms with Crippen LogP contribution in [0.2, 0.25) is 5.15 Å². The zero-order valence-electron chi connectivity index (χ0n) is 9.01. The number of hydrogen-bond donors (Lipinski definition) is 0. The molecule has 2 heterocycles. The van der Waals surface area contributed by atoms with Crippen molar-refractivity contribution < 1.29 is 0 Å². The van der Waals surface area contributed by atoms with Gasteiger partial charge in [-0.05, 0) is 6.92 Å². The molecule has 0 saturated heterocycles. The van der Waals surface area contributed by atoms with Crippen LogP contribution < -0.4 is 5.56 Å². The fourth-order valence-corrected chi connectivity index (χ4v) is 1.68. The van der Waals surface area contributed by atoms with Crippen LogP contribution in [-0.4, -0.2) is 19.1 Å². The van der Waals surface area contributed by atoms with Gasteiger partial charge in [0.1, 0.15) is 16.8 Å². The summed E-state index contributed by atoms with van der Waals surface area (Å²) in [5.74, 6) is 1.38. The van der Waals surface area contributed by atoms with E-state index in [0.717, 1.165) is 5.82 Å². The van der Waals surface area contributed by atoms with Crippen molar-refractivity contribution in [3.05, 3.63) is 45.6 Å². The van der Waals surface area contributed by atoms with E-state index in [0.29, 0.717) is 12.4 Å². The van der Waals surface area contributed by atoms with Crippen LogP contribution in [0.5, 0.6) is 0 Å². The standard InChI is InChI=1S/C10H11ClN4O/c1-7-13-8(11)5-10(16)15(7)6-9-12-3-4-14(9)2/h3-5H,6H2,1-2H3. The number of hydrogen-bond acceptors (Lipinski definition) is 3. The molecule has 0 radical (unpaired) electrons. The maximum absolute atomic E-state index is 11.7. The molecule has 2 rings (SSSR count). The number of aromatic nitrogens is 4. The molecular formula is C10H11ClN4O. The average molecular weight is 239 g/mol. The molecular weight excluding hydrogens is 228 g/mol. The molecule has 5 nitrogen and oxygen atoms in total. The number of nitrogens with zero attached hydrogens (tertiary/aromatic N) is 4. The lowest BCUT2D eigenvalue weighted by Crippen LogP contribution is -2.24. The van der Waals surface area contributed by atoms with Crippen molar-refractivity contribution in [3.8, 4) is 0 Å². The highest BCUT2D eigenvalue weighted by molar-refractivity contribution is 6.29. The van der Waals surface area contributed by atoms with Crippen molar-refractivity contribution in [3.63, 3.8) is 0 Å². The molecule has 0 bridgehead atoms. The Kier molecular flexibility index (Phi) is 2.78. The van der Waals surface area contributed by atoms with Gasteiger partial charge in [0.25, 0.3) is 5.56 Å². The lowest BCUT2D eigenvalue weighted by molar-refractivity contribution is 0.644. The zero-order valence-corrected chi connectivity index (χ0v) is 9.77. The molecule has 0 aliphatic carbocycles. The summed E-state index contributed by atoms with van der Waals surface area (Å²) in [6.07, 6.45) is 3.53. The molecule has 0 aromatic carbocycles. The van der Waals surface area contributed by atoms with Gasteiger partial charge in [-0.15, -0.1) is 0 Å². The van der Waals surface area contributed by atoms with Gasteiger partial charge in [0.15, 0.2) is 0 Å². The number of rotatable bonds is 2. The molecule has 0 aliphatic rings. The van der Waals surface area contributed by atoms with Crippen molar-refractivity contribution in [2.24, 2.45) is 7.05 Å². The van der Waals surface area contributed by atoms with E-state index in [2.05, 4.69) is 9.97 Å². The van der Waals surface area contributed by atoms with Gasteiger partial charge in [0, 0.05) is 25.5 Å². The third-order valence-electron chi connectivity index (χ3n) is 2.39. The lowest BCUT2D eigenvalue weighted by atomic mass is 10.5. The average Bonchev–Trinajstić information content (AvgIpc) is 2.57. The minimum Gasteiger partial charge on any atom is -0.337 e. The van der Waals surface area contributed by atoms with Crippen LogP contribution in [0, 0.1) is 6.92 Å². The first-order chi connectivity index (χ1) is 7.58.